The second kappa shape index (κ2) is 5.77. The van der Waals surface area contributed by atoms with Crippen LogP contribution in [0.3, 0.4) is 0 Å². The van der Waals surface area contributed by atoms with E-state index in [9.17, 15) is 5.11 Å². The van der Waals surface area contributed by atoms with Gasteiger partial charge in [0.25, 0.3) is 0 Å². The molecule has 5 heteroatoms. The number of rotatable bonds is 4. The molecule has 1 aromatic heterocycles. The molecule has 0 spiro atoms. The number of phenolic OH excluding ortho intramolecular Hbond substituents is 1. The maximum absolute atomic E-state index is 10.2. The molecule has 1 aliphatic rings. The molecule has 5 nitrogen and oxygen atoms in total. The molecule has 2 heterocycles. The molecule has 1 atom stereocenters. The first-order valence-corrected chi connectivity index (χ1v) is 7.21. The summed E-state index contributed by atoms with van der Waals surface area (Å²) in [6, 6.07) is 7.82. The lowest BCUT2D eigenvalue weighted by atomic mass is 10.1. The van der Waals surface area contributed by atoms with Crippen molar-refractivity contribution in [2.75, 3.05) is 13.7 Å². The summed E-state index contributed by atoms with van der Waals surface area (Å²) in [6.07, 6.45) is 2.18. The van der Waals surface area contributed by atoms with Crippen molar-refractivity contribution >= 4 is 0 Å². The van der Waals surface area contributed by atoms with Gasteiger partial charge in [-0.15, -0.1) is 0 Å². The predicted molar refractivity (Wildman–Crippen MR) is 78.3 cm³/mol. The molecule has 1 saturated heterocycles. The minimum Gasteiger partial charge on any atom is -0.504 e. The Morgan fingerprint density at radius 2 is 2.33 bits per heavy atom. The Balaban J connectivity index is 1.81. The molecule has 2 aromatic rings. The standard InChI is InChI=1S/C16H20N2O3/c1-11-9-15(21-17-11)13-6-4-8-18(13)10-12-5-3-7-14(20-2)16(12)19/h3,5,7,9,13,19H,4,6,8,10H2,1-2H3/t13-/m0/s1. The van der Waals surface area contributed by atoms with Crippen LogP contribution in [-0.4, -0.2) is 28.8 Å². The molecule has 0 aliphatic carbocycles. The van der Waals surface area contributed by atoms with Gasteiger partial charge in [0.05, 0.1) is 18.8 Å². The molecule has 0 radical (unpaired) electrons. The van der Waals surface area contributed by atoms with Crippen LogP contribution >= 0.6 is 0 Å². The third kappa shape index (κ3) is 2.74. The summed E-state index contributed by atoms with van der Waals surface area (Å²) < 4.78 is 10.6. The van der Waals surface area contributed by atoms with Crippen molar-refractivity contribution in [1.82, 2.24) is 10.1 Å². The van der Waals surface area contributed by atoms with Gasteiger partial charge in [0, 0.05) is 18.2 Å². The first-order chi connectivity index (χ1) is 10.2. The molecular weight excluding hydrogens is 268 g/mol. The average molecular weight is 288 g/mol. The number of likely N-dealkylation sites (tertiary alicyclic amines) is 1. The van der Waals surface area contributed by atoms with Crippen LogP contribution in [0.4, 0.5) is 0 Å². The molecule has 3 rings (SSSR count). The van der Waals surface area contributed by atoms with Gasteiger partial charge < -0.3 is 14.4 Å². The number of aromatic hydroxyl groups is 1. The van der Waals surface area contributed by atoms with Crippen molar-refractivity contribution in [2.24, 2.45) is 0 Å². The summed E-state index contributed by atoms with van der Waals surface area (Å²) in [5.41, 5.74) is 1.78. The second-order valence-corrected chi connectivity index (χ2v) is 5.47. The summed E-state index contributed by atoms with van der Waals surface area (Å²) in [6.45, 7) is 3.59. The highest BCUT2D eigenvalue weighted by atomic mass is 16.5. The van der Waals surface area contributed by atoms with E-state index in [0.29, 0.717) is 12.3 Å². The van der Waals surface area contributed by atoms with Crippen LogP contribution in [0.15, 0.2) is 28.8 Å². The fourth-order valence-electron chi connectivity index (χ4n) is 2.96. The number of hydrogen-bond acceptors (Lipinski definition) is 5. The molecular formula is C16H20N2O3. The third-order valence-electron chi connectivity index (χ3n) is 4.01. The van der Waals surface area contributed by atoms with E-state index in [0.717, 1.165) is 36.4 Å². The van der Waals surface area contributed by atoms with Crippen LogP contribution in [0.1, 0.15) is 35.9 Å². The van der Waals surface area contributed by atoms with Gasteiger partial charge in [-0.1, -0.05) is 17.3 Å². The lowest BCUT2D eigenvalue weighted by molar-refractivity contribution is 0.204. The predicted octanol–water partition coefficient (Wildman–Crippen LogP) is 3.03. The quantitative estimate of drug-likeness (QED) is 0.937. The summed E-state index contributed by atoms with van der Waals surface area (Å²) in [7, 11) is 1.56. The highest BCUT2D eigenvalue weighted by Crippen LogP contribution is 2.36. The van der Waals surface area contributed by atoms with Gasteiger partial charge in [-0.05, 0) is 32.4 Å². The van der Waals surface area contributed by atoms with Gasteiger partial charge >= 0.3 is 0 Å². The maximum atomic E-state index is 10.2. The molecule has 0 unspecified atom stereocenters. The minimum atomic E-state index is 0.222. The SMILES string of the molecule is COc1cccc(CN2CCC[C@H]2c2cc(C)no2)c1O. The highest BCUT2D eigenvalue weighted by molar-refractivity contribution is 5.45. The zero-order valence-corrected chi connectivity index (χ0v) is 12.4. The molecule has 0 saturated carbocycles. The maximum Gasteiger partial charge on any atom is 0.162 e. The number of benzene rings is 1. The van der Waals surface area contributed by atoms with Crippen molar-refractivity contribution in [3.05, 3.63) is 41.3 Å². The van der Waals surface area contributed by atoms with Crippen LogP contribution in [0.25, 0.3) is 0 Å². The van der Waals surface area contributed by atoms with Gasteiger partial charge in [0.15, 0.2) is 17.3 Å². The van der Waals surface area contributed by atoms with Crippen molar-refractivity contribution in [3.8, 4) is 11.5 Å². The first-order valence-electron chi connectivity index (χ1n) is 7.21. The third-order valence-corrected chi connectivity index (χ3v) is 4.01. The number of aryl methyl sites for hydroxylation is 1. The van der Waals surface area contributed by atoms with Gasteiger partial charge in [-0.25, -0.2) is 0 Å². The number of para-hydroxylation sites is 1. The molecule has 1 N–H and O–H groups in total. The Kier molecular flexibility index (Phi) is 3.84. The van der Waals surface area contributed by atoms with Gasteiger partial charge in [0.2, 0.25) is 0 Å². The van der Waals surface area contributed by atoms with Crippen LogP contribution < -0.4 is 4.74 Å². The van der Waals surface area contributed by atoms with E-state index in [2.05, 4.69) is 10.1 Å². The van der Waals surface area contributed by atoms with Gasteiger partial charge in [0.1, 0.15) is 0 Å². The molecule has 0 amide bonds. The summed E-state index contributed by atoms with van der Waals surface area (Å²) in [4.78, 5) is 2.31. The number of methoxy groups -OCH3 is 1. The Bertz CT molecular complexity index is 624. The lowest BCUT2D eigenvalue weighted by Crippen LogP contribution is -2.22. The summed E-state index contributed by atoms with van der Waals surface area (Å²) in [5.74, 6) is 1.64. The topological polar surface area (TPSA) is 58.7 Å². The molecule has 21 heavy (non-hydrogen) atoms. The molecule has 112 valence electrons. The first kappa shape index (κ1) is 13.9. The van der Waals surface area contributed by atoms with Crippen molar-refractivity contribution in [1.29, 1.82) is 0 Å². The highest BCUT2D eigenvalue weighted by Gasteiger charge is 2.29. The van der Waals surface area contributed by atoms with E-state index < -0.39 is 0 Å². The fraction of sp³-hybridized carbons (Fsp3) is 0.438. The molecule has 1 fully saturated rings. The Labute approximate surface area is 124 Å². The minimum absolute atomic E-state index is 0.222. The van der Waals surface area contributed by atoms with E-state index in [4.69, 9.17) is 9.26 Å². The number of aromatic nitrogens is 1. The average Bonchev–Trinajstić information content (AvgIpc) is 3.10. The zero-order valence-electron chi connectivity index (χ0n) is 12.4. The normalized spacial score (nSPS) is 19.0. The van der Waals surface area contributed by atoms with E-state index in [1.165, 1.54) is 0 Å². The number of ether oxygens (including phenoxy) is 1. The van der Waals surface area contributed by atoms with Crippen molar-refractivity contribution < 1.29 is 14.4 Å². The van der Waals surface area contributed by atoms with Crippen LogP contribution in [-0.2, 0) is 6.54 Å². The Morgan fingerprint density at radius 3 is 3.05 bits per heavy atom. The largest absolute Gasteiger partial charge is 0.504 e. The number of nitrogens with zero attached hydrogens (tertiary/aromatic N) is 2. The summed E-state index contributed by atoms with van der Waals surface area (Å²) >= 11 is 0. The zero-order chi connectivity index (χ0) is 14.8. The fourth-order valence-corrected chi connectivity index (χ4v) is 2.96. The van der Waals surface area contributed by atoms with E-state index in [1.807, 2.05) is 25.1 Å². The monoisotopic (exact) mass is 288 g/mol. The lowest BCUT2D eigenvalue weighted by Gasteiger charge is -2.23. The van der Waals surface area contributed by atoms with E-state index in [1.54, 1.807) is 13.2 Å². The van der Waals surface area contributed by atoms with E-state index >= 15 is 0 Å². The number of phenols is 1. The van der Waals surface area contributed by atoms with E-state index in [-0.39, 0.29) is 11.8 Å². The Morgan fingerprint density at radius 1 is 1.48 bits per heavy atom. The van der Waals surface area contributed by atoms with Crippen molar-refractivity contribution in [2.45, 2.75) is 32.4 Å². The molecule has 1 aromatic carbocycles. The second-order valence-electron chi connectivity index (χ2n) is 5.47. The van der Waals surface area contributed by atoms with Crippen LogP contribution in [0.5, 0.6) is 11.5 Å². The summed E-state index contributed by atoms with van der Waals surface area (Å²) in [5, 5.41) is 14.2. The smallest absolute Gasteiger partial charge is 0.162 e. The van der Waals surface area contributed by atoms with Crippen molar-refractivity contribution in [3.63, 3.8) is 0 Å². The molecule has 1 aliphatic heterocycles. The molecule has 0 bridgehead atoms. The van der Waals surface area contributed by atoms with Gasteiger partial charge in [-0.3, -0.25) is 4.90 Å². The van der Waals surface area contributed by atoms with Crippen LogP contribution in [0, 0.1) is 6.92 Å². The Hall–Kier alpha value is -2.01. The van der Waals surface area contributed by atoms with Gasteiger partial charge in [-0.2, -0.15) is 0 Å². The number of hydrogen-bond donors (Lipinski definition) is 1. The van der Waals surface area contributed by atoms with Crippen LogP contribution in [0.2, 0.25) is 0 Å².